The molecule has 1 N–H and O–H groups in total. The number of imidazole rings is 1. The maximum absolute atomic E-state index is 14.6. The minimum absolute atomic E-state index is 0.0265. The van der Waals surface area contributed by atoms with E-state index in [2.05, 4.69) is 21.0 Å². The highest BCUT2D eigenvalue weighted by Crippen LogP contribution is 2.32. The van der Waals surface area contributed by atoms with Gasteiger partial charge in [-0.05, 0) is 44.2 Å². The first-order chi connectivity index (χ1) is 13.8. The highest BCUT2D eigenvalue weighted by molar-refractivity contribution is 5.77. The molecule has 2 aromatic carbocycles. The molecule has 0 bridgehead atoms. The van der Waals surface area contributed by atoms with Gasteiger partial charge in [0.25, 0.3) is 5.78 Å². The molecular formula is C22H16F2N4O. The second kappa shape index (κ2) is 6.76. The van der Waals surface area contributed by atoms with E-state index in [4.69, 9.17) is 6.42 Å². The van der Waals surface area contributed by atoms with Crippen LogP contribution in [0.3, 0.4) is 0 Å². The fraction of sp³-hybridized carbons (Fsp3) is 0.136. The van der Waals surface area contributed by atoms with Gasteiger partial charge in [0, 0.05) is 22.3 Å². The molecule has 0 fully saturated rings. The van der Waals surface area contributed by atoms with Gasteiger partial charge in [-0.3, -0.25) is 0 Å². The molecule has 0 atom stereocenters. The van der Waals surface area contributed by atoms with Crippen LogP contribution in [0.15, 0.2) is 48.8 Å². The molecular weight excluding hydrogens is 374 g/mol. The monoisotopic (exact) mass is 390 g/mol. The zero-order valence-electron chi connectivity index (χ0n) is 15.7. The summed E-state index contributed by atoms with van der Waals surface area (Å²) in [6, 6.07) is 8.57. The van der Waals surface area contributed by atoms with Gasteiger partial charge in [0.1, 0.15) is 17.2 Å². The van der Waals surface area contributed by atoms with E-state index in [1.54, 1.807) is 26.0 Å². The van der Waals surface area contributed by atoms with Crippen molar-refractivity contribution in [3.63, 3.8) is 0 Å². The van der Waals surface area contributed by atoms with Crippen molar-refractivity contribution in [1.82, 2.24) is 19.6 Å². The van der Waals surface area contributed by atoms with Crippen molar-refractivity contribution in [2.24, 2.45) is 0 Å². The van der Waals surface area contributed by atoms with Gasteiger partial charge >= 0.3 is 0 Å². The molecule has 0 saturated heterocycles. The lowest BCUT2D eigenvalue weighted by molar-refractivity contribution is 0.0734. The first-order valence-corrected chi connectivity index (χ1v) is 8.78. The maximum atomic E-state index is 14.6. The number of rotatable bonds is 3. The van der Waals surface area contributed by atoms with Gasteiger partial charge in [-0.15, -0.1) is 6.42 Å². The van der Waals surface area contributed by atoms with Crippen molar-refractivity contribution >= 4 is 5.78 Å². The summed E-state index contributed by atoms with van der Waals surface area (Å²) >= 11 is 0. The minimum Gasteiger partial charge on any atom is -0.384 e. The van der Waals surface area contributed by atoms with E-state index in [1.807, 2.05) is 0 Å². The topological polar surface area (TPSA) is 63.3 Å². The lowest BCUT2D eigenvalue weighted by Crippen LogP contribution is -2.19. The average molecular weight is 390 g/mol. The fourth-order valence-corrected chi connectivity index (χ4v) is 3.06. The number of hydrogen-bond acceptors (Lipinski definition) is 4. The molecule has 144 valence electrons. The molecule has 0 radical (unpaired) electrons. The van der Waals surface area contributed by atoms with Gasteiger partial charge < -0.3 is 5.11 Å². The number of terminal acetylenes is 1. The van der Waals surface area contributed by atoms with Crippen LogP contribution in [-0.2, 0) is 5.60 Å². The van der Waals surface area contributed by atoms with Crippen LogP contribution in [-0.4, -0.2) is 24.7 Å². The van der Waals surface area contributed by atoms with Crippen LogP contribution < -0.4 is 0 Å². The normalized spacial score (nSPS) is 11.6. The van der Waals surface area contributed by atoms with Crippen molar-refractivity contribution in [1.29, 1.82) is 0 Å². The summed E-state index contributed by atoms with van der Waals surface area (Å²) in [5, 5.41) is 14.4. The van der Waals surface area contributed by atoms with Crippen LogP contribution >= 0.6 is 0 Å². The summed E-state index contributed by atoms with van der Waals surface area (Å²) in [4.78, 5) is 8.53. The largest absolute Gasteiger partial charge is 0.384 e. The molecule has 7 heteroatoms. The molecule has 2 aromatic heterocycles. The van der Waals surface area contributed by atoms with Gasteiger partial charge in [0.2, 0.25) is 0 Å². The summed E-state index contributed by atoms with van der Waals surface area (Å²) in [5.74, 6) is 1.47. The number of halogens is 2. The molecule has 0 aliphatic heterocycles. The molecule has 0 amide bonds. The summed E-state index contributed by atoms with van der Waals surface area (Å²) in [5.41, 5.74) is 0.629. The van der Waals surface area contributed by atoms with Gasteiger partial charge in [-0.1, -0.05) is 12.0 Å². The van der Waals surface area contributed by atoms with Crippen LogP contribution in [0.2, 0.25) is 0 Å². The van der Waals surface area contributed by atoms with E-state index in [9.17, 15) is 13.9 Å². The lowest BCUT2D eigenvalue weighted by atomic mass is 9.96. The Morgan fingerprint density at radius 1 is 1.10 bits per heavy atom. The fourth-order valence-electron chi connectivity index (χ4n) is 3.06. The highest BCUT2D eigenvalue weighted by Gasteiger charge is 2.21. The zero-order valence-corrected chi connectivity index (χ0v) is 15.7. The first-order valence-electron chi connectivity index (χ1n) is 8.78. The molecule has 0 spiro atoms. The summed E-state index contributed by atoms with van der Waals surface area (Å²) in [7, 11) is 0. The number of nitrogens with zero attached hydrogens (tertiary/aromatic N) is 4. The Labute approximate surface area is 165 Å². The Kier molecular flexibility index (Phi) is 4.36. The number of benzene rings is 2. The van der Waals surface area contributed by atoms with E-state index in [0.717, 1.165) is 0 Å². The van der Waals surface area contributed by atoms with Crippen LogP contribution in [0.4, 0.5) is 8.78 Å². The van der Waals surface area contributed by atoms with Crippen LogP contribution in [0, 0.1) is 24.0 Å². The van der Waals surface area contributed by atoms with Gasteiger partial charge in [-0.2, -0.15) is 9.61 Å². The third-order valence-electron chi connectivity index (χ3n) is 4.56. The molecule has 4 rings (SSSR count). The highest BCUT2D eigenvalue weighted by atomic mass is 19.1. The van der Waals surface area contributed by atoms with Crippen LogP contribution in [0.25, 0.3) is 28.2 Å². The Bertz CT molecular complexity index is 1280. The number of aliphatic hydroxyl groups is 1. The smallest absolute Gasteiger partial charge is 0.251 e. The van der Waals surface area contributed by atoms with Crippen molar-refractivity contribution in [2.45, 2.75) is 19.4 Å². The third kappa shape index (κ3) is 3.24. The van der Waals surface area contributed by atoms with E-state index < -0.39 is 17.2 Å². The van der Waals surface area contributed by atoms with E-state index in [-0.39, 0.29) is 22.5 Å². The van der Waals surface area contributed by atoms with Crippen molar-refractivity contribution < 1.29 is 13.9 Å². The summed E-state index contributed by atoms with van der Waals surface area (Å²) < 4.78 is 30.5. The van der Waals surface area contributed by atoms with Crippen molar-refractivity contribution in [2.75, 3.05) is 0 Å². The zero-order chi connectivity index (χ0) is 20.8. The second-order valence-electron chi connectivity index (χ2n) is 7.06. The van der Waals surface area contributed by atoms with E-state index in [1.165, 1.54) is 41.2 Å². The van der Waals surface area contributed by atoms with Crippen LogP contribution in [0.1, 0.15) is 25.1 Å². The predicted molar refractivity (Wildman–Crippen MR) is 105 cm³/mol. The molecule has 29 heavy (non-hydrogen) atoms. The first kappa shape index (κ1) is 18.7. The average Bonchev–Trinajstić information content (AvgIpc) is 3.11. The lowest BCUT2D eigenvalue weighted by Gasteiger charge is -2.15. The molecule has 5 nitrogen and oxygen atoms in total. The van der Waals surface area contributed by atoms with Gasteiger partial charge in [0.05, 0.1) is 23.8 Å². The van der Waals surface area contributed by atoms with E-state index >= 15 is 0 Å². The Hall–Kier alpha value is -3.63. The minimum atomic E-state index is -1.17. The van der Waals surface area contributed by atoms with Gasteiger partial charge in [-0.25, -0.2) is 18.7 Å². The molecule has 0 aliphatic rings. The van der Waals surface area contributed by atoms with Crippen molar-refractivity contribution in [3.05, 3.63) is 71.7 Å². The SMILES string of the molecule is C#Cc1cccc(F)c1-c1cc(-c2cnc3nc(C(C)(C)O)cnn23)ccc1F. The van der Waals surface area contributed by atoms with Gasteiger partial charge in [0.15, 0.2) is 0 Å². The molecule has 0 aliphatic carbocycles. The predicted octanol–water partition coefficient (Wildman–Crippen LogP) is 3.95. The Morgan fingerprint density at radius 2 is 1.90 bits per heavy atom. The number of aromatic nitrogens is 4. The number of fused-ring (bicyclic) bond motifs is 1. The maximum Gasteiger partial charge on any atom is 0.251 e. The summed E-state index contributed by atoms with van der Waals surface area (Å²) in [6.07, 6.45) is 8.44. The quantitative estimate of drug-likeness (QED) is 0.538. The standard InChI is InChI=1S/C22H16F2N4O/c1-4-13-6-5-7-17(24)20(13)15-10-14(8-9-16(15)23)18-11-25-21-27-19(22(2,3)29)12-26-28(18)21/h1,5-12,29H,2-3H3. The second-order valence-corrected chi connectivity index (χ2v) is 7.06. The van der Waals surface area contributed by atoms with Crippen molar-refractivity contribution in [3.8, 4) is 34.7 Å². The molecule has 4 aromatic rings. The van der Waals surface area contributed by atoms with E-state index in [0.29, 0.717) is 17.0 Å². The third-order valence-corrected chi connectivity index (χ3v) is 4.56. The Morgan fingerprint density at radius 3 is 2.62 bits per heavy atom. The summed E-state index contributed by atoms with van der Waals surface area (Å²) in [6.45, 7) is 3.20. The number of hydrogen-bond donors (Lipinski definition) is 1. The molecule has 2 heterocycles. The van der Waals surface area contributed by atoms with Crippen LogP contribution in [0.5, 0.6) is 0 Å². The molecule has 0 unspecified atom stereocenters. The Balaban J connectivity index is 1.89. The molecule has 0 saturated carbocycles.